The Labute approximate surface area is 99.6 Å². The molecule has 6 heteroatoms. The molecule has 0 aliphatic heterocycles. The van der Waals surface area contributed by atoms with Gasteiger partial charge in [-0.15, -0.1) is 0 Å². The van der Waals surface area contributed by atoms with Crippen molar-refractivity contribution < 1.29 is 15.0 Å². The Balaban J connectivity index is 2.31. The van der Waals surface area contributed by atoms with E-state index in [0.717, 1.165) is 11.0 Å². The average molecular weight is 248 g/mol. The summed E-state index contributed by atoms with van der Waals surface area (Å²) >= 11 is 1.20. The molecular formula is C11H8N2O3S. The normalized spacial score (nSPS) is 11.3. The maximum atomic E-state index is 10.6. The van der Waals surface area contributed by atoms with Crippen LogP contribution < -0.4 is 0 Å². The fraction of sp³-hybridized carbons (Fsp3) is 0.0909. The molecule has 0 spiro atoms. The monoisotopic (exact) mass is 248 g/mol. The highest BCUT2D eigenvalue weighted by atomic mass is 32.1. The lowest BCUT2D eigenvalue weighted by Gasteiger charge is -1.95. The molecule has 0 aliphatic rings. The molecule has 0 atom stereocenters. The lowest BCUT2D eigenvalue weighted by Crippen LogP contribution is -1.98. The second-order valence-electron chi connectivity index (χ2n) is 3.64. The number of hydrogen-bond acceptors (Lipinski definition) is 4. The Morgan fingerprint density at radius 3 is 2.94 bits per heavy atom. The zero-order chi connectivity index (χ0) is 12.0. The number of aromatic hydroxyl groups is 1. The highest BCUT2D eigenvalue weighted by Crippen LogP contribution is 2.32. The van der Waals surface area contributed by atoms with Crippen molar-refractivity contribution in [2.75, 3.05) is 0 Å². The maximum absolute atomic E-state index is 10.6. The SMILES string of the molecule is O=C(O)Cc1sc2nc3ccccc3n2c1O. The lowest BCUT2D eigenvalue weighted by molar-refractivity contribution is -0.136. The van der Waals surface area contributed by atoms with Crippen molar-refractivity contribution in [1.29, 1.82) is 0 Å². The van der Waals surface area contributed by atoms with Crippen molar-refractivity contribution in [2.24, 2.45) is 0 Å². The lowest BCUT2D eigenvalue weighted by atomic mass is 10.3. The number of carbonyl (C=O) groups is 1. The van der Waals surface area contributed by atoms with Crippen LogP contribution in [0, 0.1) is 0 Å². The summed E-state index contributed by atoms with van der Waals surface area (Å²) in [6.07, 6.45) is -0.186. The Kier molecular flexibility index (Phi) is 2.05. The Hall–Kier alpha value is -2.08. The van der Waals surface area contributed by atoms with E-state index in [0.29, 0.717) is 9.84 Å². The van der Waals surface area contributed by atoms with Gasteiger partial charge in [-0.2, -0.15) is 0 Å². The first-order valence-electron chi connectivity index (χ1n) is 4.96. The van der Waals surface area contributed by atoms with Gasteiger partial charge >= 0.3 is 5.97 Å². The molecule has 0 fully saturated rings. The number of aromatic nitrogens is 2. The molecule has 0 aliphatic carbocycles. The Morgan fingerprint density at radius 1 is 1.41 bits per heavy atom. The zero-order valence-electron chi connectivity index (χ0n) is 8.62. The summed E-state index contributed by atoms with van der Waals surface area (Å²) in [4.78, 5) is 16.0. The maximum Gasteiger partial charge on any atom is 0.308 e. The van der Waals surface area contributed by atoms with Crippen LogP contribution in [0.3, 0.4) is 0 Å². The molecule has 3 aromatic rings. The van der Waals surface area contributed by atoms with Gasteiger partial charge in [0, 0.05) is 0 Å². The van der Waals surface area contributed by atoms with E-state index in [1.165, 1.54) is 11.3 Å². The number of rotatable bonds is 2. The van der Waals surface area contributed by atoms with Crippen LogP contribution in [0.5, 0.6) is 5.88 Å². The van der Waals surface area contributed by atoms with Crippen molar-refractivity contribution in [3.63, 3.8) is 0 Å². The fourth-order valence-corrected chi connectivity index (χ4v) is 2.83. The van der Waals surface area contributed by atoms with Crippen LogP contribution in [-0.4, -0.2) is 25.6 Å². The summed E-state index contributed by atoms with van der Waals surface area (Å²) in [5, 5.41) is 18.7. The molecule has 5 nitrogen and oxygen atoms in total. The largest absolute Gasteiger partial charge is 0.493 e. The van der Waals surface area contributed by atoms with E-state index in [9.17, 15) is 9.90 Å². The summed E-state index contributed by atoms with van der Waals surface area (Å²) in [5.74, 6) is -0.991. The van der Waals surface area contributed by atoms with Crippen LogP contribution in [0.2, 0.25) is 0 Å². The van der Waals surface area contributed by atoms with Crippen molar-refractivity contribution in [2.45, 2.75) is 6.42 Å². The van der Waals surface area contributed by atoms with Crippen LogP contribution in [-0.2, 0) is 11.2 Å². The zero-order valence-corrected chi connectivity index (χ0v) is 9.44. The molecule has 0 unspecified atom stereocenters. The van der Waals surface area contributed by atoms with Crippen molar-refractivity contribution in [3.05, 3.63) is 29.1 Å². The van der Waals surface area contributed by atoms with E-state index in [2.05, 4.69) is 4.98 Å². The Morgan fingerprint density at radius 2 is 2.18 bits per heavy atom. The third-order valence-corrected chi connectivity index (χ3v) is 3.55. The van der Waals surface area contributed by atoms with E-state index in [-0.39, 0.29) is 12.3 Å². The summed E-state index contributed by atoms with van der Waals surface area (Å²) in [6.45, 7) is 0. The molecule has 2 heterocycles. The van der Waals surface area contributed by atoms with Crippen molar-refractivity contribution >= 4 is 33.3 Å². The number of para-hydroxylation sites is 2. The molecule has 0 radical (unpaired) electrons. The first-order valence-corrected chi connectivity index (χ1v) is 5.78. The molecule has 0 saturated heterocycles. The minimum absolute atomic E-state index is 0.0268. The van der Waals surface area contributed by atoms with Gasteiger partial charge in [0.1, 0.15) is 0 Å². The minimum atomic E-state index is -0.964. The summed E-state index contributed by atoms with van der Waals surface area (Å²) < 4.78 is 1.58. The van der Waals surface area contributed by atoms with E-state index >= 15 is 0 Å². The number of aliphatic carboxylic acids is 1. The minimum Gasteiger partial charge on any atom is -0.493 e. The predicted octanol–water partition coefficient (Wildman–Crippen LogP) is 1.88. The topological polar surface area (TPSA) is 74.8 Å². The second-order valence-corrected chi connectivity index (χ2v) is 4.70. The van der Waals surface area contributed by atoms with E-state index in [4.69, 9.17) is 5.11 Å². The standard InChI is InChI=1S/C11H8N2O3S/c14-9(15)5-8-10(16)13-7-4-2-1-3-6(7)12-11(13)17-8/h1-4,16H,5H2,(H,14,15). The van der Waals surface area contributed by atoms with Crippen molar-refractivity contribution in [1.82, 2.24) is 9.38 Å². The molecule has 86 valence electrons. The third-order valence-electron chi connectivity index (χ3n) is 2.52. The number of imidazole rings is 1. The van der Waals surface area contributed by atoms with Gasteiger partial charge in [-0.1, -0.05) is 23.5 Å². The molecule has 2 aromatic heterocycles. The van der Waals surface area contributed by atoms with Crippen LogP contribution in [0.25, 0.3) is 16.0 Å². The summed E-state index contributed by atoms with van der Waals surface area (Å²) in [6, 6.07) is 7.41. The quantitative estimate of drug-likeness (QED) is 0.726. The number of benzene rings is 1. The van der Waals surface area contributed by atoms with Crippen LogP contribution in [0.1, 0.15) is 4.88 Å². The number of nitrogens with zero attached hydrogens (tertiary/aromatic N) is 2. The van der Waals surface area contributed by atoms with Gasteiger partial charge in [-0.25, -0.2) is 4.98 Å². The molecule has 0 bridgehead atoms. The first-order chi connectivity index (χ1) is 8.16. The van der Waals surface area contributed by atoms with Gasteiger partial charge in [0.15, 0.2) is 4.96 Å². The third kappa shape index (κ3) is 1.45. The Bertz CT molecular complexity index is 729. The number of hydrogen-bond donors (Lipinski definition) is 2. The van der Waals surface area contributed by atoms with Crippen LogP contribution in [0.4, 0.5) is 0 Å². The van der Waals surface area contributed by atoms with E-state index in [1.54, 1.807) is 4.40 Å². The van der Waals surface area contributed by atoms with Gasteiger partial charge in [0.25, 0.3) is 0 Å². The summed E-state index contributed by atoms with van der Waals surface area (Å²) in [5.41, 5.74) is 1.57. The molecule has 0 amide bonds. The number of thiazole rings is 1. The number of carboxylic acid groups (broad SMARTS) is 1. The van der Waals surface area contributed by atoms with Gasteiger partial charge < -0.3 is 10.2 Å². The van der Waals surface area contributed by atoms with Gasteiger partial charge in [-0.05, 0) is 12.1 Å². The van der Waals surface area contributed by atoms with E-state index in [1.807, 2.05) is 24.3 Å². The molecule has 1 aromatic carbocycles. The molecule has 17 heavy (non-hydrogen) atoms. The average Bonchev–Trinajstić information content (AvgIpc) is 2.76. The van der Waals surface area contributed by atoms with Gasteiger partial charge in [-0.3, -0.25) is 9.20 Å². The highest BCUT2D eigenvalue weighted by molar-refractivity contribution is 7.17. The highest BCUT2D eigenvalue weighted by Gasteiger charge is 2.17. The van der Waals surface area contributed by atoms with Crippen LogP contribution >= 0.6 is 11.3 Å². The molecular weight excluding hydrogens is 240 g/mol. The predicted molar refractivity (Wildman–Crippen MR) is 63.6 cm³/mol. The van der Waals surface area contributed by atoms with Crippen LogP contribution in [0.15, 0.2) is 24.3 Å². The van der Waals surface area contributed by atoms with Gasteiger partial charge in [0.2, 0.25) is 5.88 Å². The first kappa shape index (κ1) is 10.1. The molecule has 2 N–H and O–H groups in total. The van der Waals surface area contributed by atoms with E-state index < -0.39 is 5.97 Å². The molecule has 0 saturated carbocycles. The van der Waals surface area contributed by atoms with Crippen molar-refractivity contribution in [3.8, 4) is 5.88 Å². The van der Waals surface area contributed by atoms with Gasteiger partial charge in [0.05, 0.1) is 22.3 Å². The number of carboxylic acids is 1. The number of fused-ring (bicyclic) bond motifs is 3. The smallest absolute Gasteiger partial charge is 0.308 e. The fourth-order valence-electron chi connectivity index (χ4n) is 1.81. The molecule has 3 rings (SSSR count). The summed E-state index contributed by atoms with van der Waals surface area (Å²) in [7, 11) is 0. The second kappa shape index (κ2) is 3.46.